The zero-order valence-electron chi connectivity index (χ0n) is 10.1. The molecule has 2 unspecified atom stereocenters. The molecule has 0 saturated carbocycles. The first-order chi connectivity index (χ1) is 7.79. The first-order valence-electron chi connectivity index (χ1n) is 6.10. The van der Waals surface area contributed by atoms with E-state index in [1.165, 1.54) is 31.5 Å². The van der Waals surface area contributed by atoms with Crippen molar-refractivity contribution in [2.75, 3.05) is 20.1 Å². The van der Waals surface area contributed by atoms with Gasteiger partial charge in [0, 0.05) is 11.4 Å². The third-order valence-corrected chi connectivity index (χ3v) is 4.22. The minimum atomic E-state index is 0.439. The average Bonchev–Trinajstić information content (AvgIpc) is 2.70. The Labute approximate surface area is 102 Å². The topological polar surface area (TPSA) is 28.2 Å². The van der Waals surface area contributed by atoms with Crippen molar-refractivity contribution in [1.29, 1.82) is 0 Å². The number of thiazole rings is 1. The summed E-state index contributed by atoms with van der Waals surface area (Å²) in [4.78, 5) is 6.90. The third kappa shape index (κ3) is 2.81. The van der Waals surface area contributed by atoms with Gasteiger partial charge in [0.1, 0.15) is 0 Å². The second-order valence-electron chi connectivity index (χ2n) is 4.59. The highest BCUT2D eigenvalue weighted by atomic mass is 32.1. The van der Waals surface area contributed by atoms with Crippen molar-refractivity contribution in [2.24, 2.45) is 0 Å². The number of nitrogens with zero attached hydrogens (tertiary/aromatic N) is 2. The lowest BCUT2D eigenvalue weighted by Crippen LogP contribution is -2.34. The molecule has 0 bridgehead atoms. The maximum Gasteiger partial charge on any atom is 0.0795 e. The average molecular weight is 239 g/mol. The summed E-state index contributed by atoms with van der Waals surface area (Å²) in [5.41, 5.74) is 3.14. The Hall–Kier alpha value is -0.450. The molecule has 2 rings (SSSR count). The van der Waals surface area contributed by atoms with Crippen molar-refractivity contribution in [3.63, 3.8) is 0 Å². The van der Waals surface area contributed by atoms with Crippen LogP contribution in [0.25, 0.3) is 0 Å². The quantitative estimate of drug-likeness (QED) is 0.877. The van der Waals surface area contributed by atoms with Gasteiger partial charge in [0.05, 0.1) is 17.2 Å². The van der Waals surface area contributed by atoms with Crippen molar-refractivity contribution in [1.82, 2.24) is 15.2 Å². The maximum atomic E-state index is 4.42. The Morgan fingerprint density at radius 1 is 1.50 bits per heavy atom. The molecule has 0 aromatic carbocycles. The summed E-state index contributed by atoms with van der Waals surface area (Å²) in [5, 5.41) is 5.63. The fraction of sp³-hybridized carbons (Fsp3) is 0.750. The SMILES string of the molecule is CC(c1cscn1)N(C)C1CCCNCC1. The highest BCUT2D eigenvalue weighted by Gasteiger charge is 2.22. The van der Waals surface area contributed by atoms with E-state index in [-0.39, 0.29) is 0 Å². The molecule has 2 atom stereocenters. The number of hydrogen-bond donors (Lipinski definition) is 1. The minimum Gasteiger partial charge on any atom is -0.317 e. The fourth-order valence-electron chi connectivity index (χ4n) is 2.36. The summed E-state index contributed by atoms with van der Waals surface area (Å²) in [5.74, 6) is 0. The molecule has 1 fully saturated rings. The van der Waals surface area contributed by atoms with Crippen LogP contribution in [0.1, 0.15) is 37.9 Å². The van der Waals surface area contributed by atoms with E-state index in [1.54, 1.807) is 11.3 Å². The summed E-state index contributed by atoms with van der Waals surface area (Å²) < 4.78 is 0. The molecule has 1 aliphatic rings. The monoisotopic (exact) mass is 239 g/mol. The second-order valence-corrected chi connectivity index (χ2v) is 5.31. The predicted molar refractivity (Wildman–Crippen MR) is 68.8 cm³/mol. The van der Waals surface area contributed by atoms with Crippen LogP contribution >= 0.6 is 11.3 Å². The van der Waals surface area contributed by atoms with Crippen molar-refractivity contribution in [3.05, 3.63) is 16.6 Å². The molecular formula is C12H21N3S. The Morgan fingerprint density at radius 2 is 2.38 bits per heavy atom. The molecule has 0 aliphatic carbocycles. The van der Waals surface area contributed by atoms with E-state index in [1.807, 2.05) is 5.51 Å². The van der Waals surface area contributed by atoms with Crippen LogP contribution in [0, 0.1) is 0 Å². The van der Waals surface area contributed by atoms with E-state index >= 15 is 0 Å². The summed E-state index contributed by atoms with van der Waals surface area (Å²) >= 11 is 1.69. The second kappa shape index (κ2) is 5.75. The predicted octanol–water partition coefficient (Wildman–Crippen LogP) is 2.28. The summed E-state index contributed by atoms with van der Waals surface area (Å²) in [7, 11) is 2.24. The van der Waals surface area contributed by atoms with Gasteiger partial charge in [-0.25, -0.2) is 4.98 Å². The maximum absolute atomic E-state index is 4.42. The highest BCUT2D eigenvalue weighted by molar-refractivity contribution is 7.07. The minimum absolute atomic E-state index is 0.439. The van der Waals surface area contributed by atoms with Crippen molar-refractivity contribution < 1.29 is 0 Å². The Morgan fingerprint density at radius 3 is 3.12 bits per heavy atom. The van der Waals surface area contributed by atoms with Gasteiger partial charge < -0.3 is 5.32 Å². The van der Waals surface area contributed by atoms with Gasteiger partial charge in [-0.2, -0.15) is 0 Å². The van der Waals surface area contributed by atoms with E-state index in [0.29, 0.717) is 12.1 Å². The molecule has 90 valence electrons. The van der Waals surface area contributed by atoms with E-state index in [4.69, 9.17) is 0 Å². The number of rotatable bonds is 3. The van der Waals surface area contributed by atoms with Crippen molar-refractivity contribution in [2.45, 2.75) is 38.3 Å². The van der Waals surface area contributed by atoms with Gasteiger partial charge in [0.2, 0.25) is 0 Å². The van der Waals surface area contributed by atoms with Crippen LogP contribution in [-0.2, 0) is 0 Å². The number of nitrogens with one attached hydrogen (secondary N) is 1. The molecule has 0 amide bonds. The van der Waals surface area contributed by atoms with E-state index in [0.717, 1.165) is 6.54 Å². The molecule has 1 saturated heterocycles. The normalized spacial score (nSPS) is 24.3. The number of hydrogen-bond acceptors (Lipinski definition) is 4. The first-order valence-corrected chi connectivity index (χ1v) is 7.04. The molecule has 0 radical (unpaired) electrons. The Bertz CT molecular complexity index is 291. The Balaban J connectivity index is 1.97. The standard InChI is InChI=1S/C12H21N3S/c1-10(12-8-16-9-14-12)15(2)11-4-3-6-13-7-5-11/h8-11,13H,3-7H2,1-2H3. The molecule has 16 heavy (non-hydrogen) atoms. The molecule has 3 nitrogen and oxygen atoms in total. The van der Waals surface area contributed by atoms with E-state index in [2.05, 4.69) is 34.6 Å². The third-order valence-electron chi connectivity index (χ3n) is 3.61. The van der Waals surface area contributed by atoms with Gasteiger partial charge in [0.15, 0.2) is 0 Å². The lowest BCUT2D eigenvalue weighted by atomic mass is 10.1. The van der Waals surface area contributed by atoms with Crippen LogP contribution in [0.15, 0.2) is 10.9 Å². The van der Waals surface area contributed by atoms with E-state index < -0.39 is 0 Å². The van der Waals surface area contributed by atoms with Crippen LogP contribution in [0.2, 0.25) is 0 Å². The van der Waals surface area contributed by atoms with Crippen LogP contribution in [-0.4, -0.2) is 36.1 Å². The molecule has 4 heteroatoms. The zero-order valence-corrected chi connectivity index (χ0v) is 11.0. The molecule has 1 aromatic heterocycles. The van der Waals surface area contributed by atoms with Crippen molar-refractivity contribution >= 4 is 11.3 Å². The van der Waals surface area contributed by atoms with Gasteiger partial charge in [-0.05, 0) is 46.3 Å². The van der Waals surface area contributed by atoms with Crippen molar-refractivity contribution in [3.8, 4) is 0 Å². The van der Waals surface area contributed by atoms with Gasteiger partial charge in [-0.15, -0.1) is 11.3 Å². The summed E-state index contributed by atoms with van der Waals surface area (Å²) in [6.07, 6.45) is 3.85. The summed E-state index contributed by atoms with van der Waals surface area (Å²) in [6, 6.07) is 1.14. The van der Waals surface area contributed by atoms with Gasteiger partial charge >= 0.3 is 0 Å². The first kappa shape index (κ1) is 12.0. The number of aromatic nitrogens is 1. The zero-order chi connectivity index (χ0) is 11.4. The molecule has 0 spiro atoms. The molecular weight excluding hydrogens is 218 g/mol. The highest BCUT2D eigenvalue weighted by Crippen LogP contribution is 2.24. The molecule has 1 aromatic rings. The lowest BCUT2D eigenvalue weighted by molar-refractivity contribution is 0.169. The smallest absolute Gasteiger partial charge is 0.0795 e. The van der Waals surface area contributed by atoms with Crippen LogP contribution in [0.4, 0.5) is 0 Å². The molecule has 2 heterocycles. The van der Waals surface area contributed by atoms with E-state index in [9.17, 15) is 0 Å². The Kier molecular flexibility index (Phi) is 4.32. The van der Waals surface area contributed by atoms with Gasteiger partial charge in [-0.1, -0.05) is 0 Å². The van der Waals surface area contributed by atoms with Crippen LogP contribution < -0.4 is 5.32 Å². The lowest BCUT2D eigenvalue weighted by Gasteiger charge is -2.31. The van der Waals surface area contributed by atoms with Crippen LogP contribution in [0.3, 0.4) is 0 Å². The largest absolute Gasteiger partial charge is 0.317 e. The summed E-state index contributed by atoms with van der Waals surface area (Å²) in [6.45, 7) is 4.58. The van der Waals surface area contributed by atoms with Gasteiger partial charge in [0.25, 0.3) is 0 Å². The van der Waals surface area contributed by atoms with Gasteiger partial charge in [-0.3, -0.25) is 4.90 Å². The molecule has 1 aliphatic heterocycles. The molecule has 1 N–H and O–H groups in total. The van der Waals surface area contributed by atoms with Crippen LogP contribution in [0.5, 0.6) is 0 Å². The fourth-order valence-corrected chi connectivity index (χ4v) is 3.00.